The lowest BCUT2D eigenvalue weighted by Crippen LogP contribution is -2.50. The Balaban J connectivity index is 1.66. The number of carbonyl (C=O) groups is 4. The molecule has 300 valence electrons. The van der Waals surface area contributed by atoms with Crippen molar-refractivity contribution in [3.63, 3.8) is 0 Å². The van der Waals surface area contributed by atoms with Crippen LogP contribution >= 0.6 is 11.6 Å². The van der Waals surface area contributed by atoms with Crippen LogP contribution in [0.2, 0.25) is 5.02 Å². The Morgan fingerprint density at radius 3 is 2.30 bits per heavy atom. The number of nitrogens with zero attached hydrogens (tertiary/aromatic N) is 6. The summed E-state index contributed by atoms with van der Waals surface area (Å²) in [6, 6.07) is 10.0. The third kappa shape index (κ3) is 10.3. The smallest absolute Gasteiger partial charge is 0.414 e. The van der Waals surface area contributed by atoms with E-state index in [-0.39, 0.29) is 29.0 Å². The molecule has 0 radical (unpaired) electrons. The molecule has 1 aromatic heterocycles. The van der Waals surface area contributed by atoms with Gasteiger partial charge in [-0.1, -0.05) is 62.7 Å². The van der Waals surface area contributed by atoms with E-state index in [4.69, 9.17) is 26.1 Å². The normalized spacial score (nSPS) is 17.9. The Hall–Kier alpha value is -5.38. The lowest BCUT2D eigenvalue weighted by Gasteiger charge is -2.35. The van der Waals surface area contributed by atoms with Gasteiger partial charge in [-0.05, 0) is 74.3 Å². The van der Waals surface area contributed by atoms with E-state index < -0.39 is 59.8 Å². The molecule has 17 heteroatoms. The summed E-state index contributed by atoms with van der Waals surface area (Å²) in [6.45, 7) is 7.61. The van der Waals surface area contributed by atoms with Crippen LogP contribution < -0.4 is 10.6 Å². The van der Waals surface area contributed by atoms with Gasteiger partial charge in [-0.2, -0.15) is 18.9 Å². The first kappa shape index (κ1) is 41.8. The number of halogens is 3. The second kappa shape index (κ2) is 16.4. The molecule has 56 heavy (non-hydrogen) atoms. The maximum Gasteiger partial charge on any atom is 0.414 e. The number of rotatable bonds is 11. The molecule has 0 spiro atoms. The van der Waals surface area contributed by atoms with Crippen molar-refractivity contribution in [1.29, 1.82) is 0 Å². The number of benzene rings is 2. The average molecular weight is 797 g/mol. The molecule has 1 saturated carbocycles. The van der Waals surface area contributed by atoms with Crippen LogP contribution in [0.5, 0.6) is 0 Å². The first-order valence-electron chi connectivity index (χ1n) is 18.0. The Morgan fingerprint density at radius 2 is 1.73 bits per heavy atom. The first-order chi connectivity index (χ1) is 26.2. The highest BCUT2D eigenvalue weighted by Gasteiger charge is 2.54. The zero-order valence-electron chi connectivity index (χ0n) is 32.6. The van der Waals surface area contributed by atoms with E-state index in [1.807, 2.05) is 20.8 Å². The molecule has 0 bridgehead atoms. The fourth-order valence-electron chi connectivity index (χ4n) is 6.12. The van der Waals surface area contributed by atoms with E-state index in [1.54, 1.807) is 70.1 Å². The third-order valence-corrected chi connectivity index (χ3v) is 8.92. The summed E-state index contributed by atoms with van der Waals surface area (Å²) in [5.74, 6) is -1.44. The number of guanidine groups is 1. The molecular formula is C39H47ClF2N8O6. The van der Waals surface area contributed by atoms with E-state index in [0.29, 0.717) is 26.9 Å². The lowest BCUT2D eigenvalue weighted by atomic mass is 9.75. The highest BCUT2D eigenvalue weighted by atomic mass is 35.5. The molecule has 2 aromatic carbocycles. The van der Waals surface area contributed by atoms with Gasteiger partial charge in [-0.25, -0.2) is 19.3 Å². The number of aromatic nitrogens is 2. The van der Waals surface area contributed by atoms with Gasteiger partial charge in [-0.15, -0.1) is 0 Å². The second-order valence-electron chi connectivity index (χ2n) is 16.2. The summed E-state index contributed by atoms with van der Waals surface area (Å²) >= 11 is 6.50. The van der Waals surface area contributed by atoms with Crippen molar-refractivity contribution in [3.8, 4) is 11.1 Å². The topological polar surface area (TPSA) is 160 Å². The van der Waals surface area contributed by atoms with E-state index >= 15 is 4.79 Å². The van der Waals surface area contributed by atoms with Gasteiger partial charge in [0.05, 0.1) is 29.2 Å². The zero-order chi connectivity index (χ0) is 41.2. The molecule has 1 fully saturated rings. The van der Waals surface area contributed by atoms with Crippen LogP contribution in [0.3, 0.4) is 0 Å². The summed E-state index contributed by atoms with van der Waals surface area (Å²) in [4.78, 5) is 66.8. The minimum Gasteiger partial charge on any atom is -0.447 e. The number of carbonyl (C=O) groups excluding carboxylic acids is 4. The minimum absolute atomic E-state index is 0.0200. The number of hydrogen-bond acceptors (Lipinski definition) is 8. The molecule has 3 aromatic rings. The van der Waals surface area contributed by atoms with E-state index in [1.165, 1.54) is 35.8 Å². The van der Waals surface area contributed by atoms with E-state index in [9.17, 15) is 23.2 Å². The third-order valence-electron chi connectivity index (χ3n) is 8.59. The molecule has 14 nitrogen and oxygen atoms in total. The van der Waals surface area contributed by atoms with Crippen LogP contribution in [-0.2, 0) is 19.8 Å². The fourth-order valence-corrected chi connectivity index (χ4v) is 6.32. The van der Waals surface area contributed by atoms with Crippen LogP contribution in [-0.4, -0.2) is 88.2 Å². The Morgan fingerprint density at radius 1 is 1.05 bits per heavy atom. The van der Waals surface area contributed by atoms with E-state index in [2.05, 4.69) is 20.7 Å². The average Bonchev–Trinajstić information content (AvgIpc) is 3.68. The zero-order valence-corrected chi connectivity index (χ0v) is 33.4. The maximum absolute atomic E-state index is 15.4. The molecule has 1 aliphatic heterocycles. The predicted molar refractivity (Wildman–Crippen MR) is 207 cm³/mol. The minimum atomic E-state index is -2.82. The van der Waals surface area contributed by atoms with Crippen LogP contribution in [0.4, 0.5) is 18.4 Å². The Bertz CT molecular complexity index is 2020. The summed E-state index contributed by atoms with van der Waals surface area (Å²) in [5, 5.41) is 9.26. The van der Waals surface area contributed by atoms with Crippen LogP contribution in [0.15, 0.2) is 64.8 Å². The van der Waals surface area contributed by atoms with Crippen molar-refractivity contribution >= 4 is 47.9 Å². The van der Waals surface area contributed by atoms with Gasteiger partial charge in [-0.3, -0.25) is 19.8 Å². The maximum atomic E-state index is 15.4. The van der Waals surface area contributed by atoms with Gasteiger partial charge in [0.25, 0.3) is 11.8 Å². The fraction of sp³-hybridized carbons (Fsp3) is 0.462. The molecule has 0 unspecified atom stereocenters. The number of alkyl halides is 2. The summed E-state index contributed by atoms with van der Waals surface area (Å²) in [7, 11) is 3.40. The molecular weight excluding hydrogens is 750 g/mol. The molecule has 4 amide bonds. The molecule has 2 atom stereocenters. The number of hydrogen-bond donors (Lipinski definition) is 2. The Kier molecular flexibility index (Phi) is 12.2. The summed E-state index contributed by atoms with van der Waals surface area (Å²) in [5.41, 5.74) is -1.35. The molecule has 1 aliphatic carbocycles. The van der Waals surface area contributed by atoms with Crippen molar-refractivity contribution in [3.05, 3.63) is 76.6 Å². The van der Waals surface area contributed by atoms with Crippen LogP contribution in [0.1, 0.15) is 94.9 Å². The molecule has 2 aliphatic rings. The largest absolute Gasteiger partial charge is 0.447 e. The van der Waals surface area contributed by atoms with Crippen molar-refractivity contribution in [2.45, 2.75) is 90.6 Å². The van der Waals surface area contributed by atoms with Gasteiger partial charge in [0.1, 0.15) is 12.2 Å². The van der Waals surface area contributed by atoms with Crippen LogP contribution in [0, 0.1) is 5.41 Å². The monoisotopic (exact) mass is 796 g/mol. The number of amides is 4. The van der Waals surface area contributed by atoms with Crippen molar-refractivity contribution in [2.75, 3.05) is 20.7 Å². The van der Waals surface area contributed by atoms with Gasteiger partial charge < -0.3 is 19.7 Å². The van der Waals surface area contributed by atoms with Crippen molar-refractivity contribution in [2.24, 2.45) is 15.4 Å². The number of alkyl carbamates (subject to hydrolysis) is 2. The molecule has 2 N–H and O–H groups in total. The number of ether oxygens (including phenoxy) is 2. The SMILES string of the molecule is CN(C)C=NC(=O)c1cc([C@@H](COC(=O)NC2CC2)N2C(=O)[C@@](CC(C)(C)C)(c3ccc(-c4cnn(C(F)F)c4)cc3)N=C2NC(=O)OC(C)(C)C)ccc1Cl. The Labute approximate surface area is 329 Å². The molecule has 0 saturated heterocycles. The van der Waals surface area contributed by atoms with Crippen LogP contribution in [0.25, 0.3) is 11.1 Å². The number of nitrogens with one attached hydrogen (secondary N) is 2. The van der Waals surface area contributed by atoms with E-state index in [0.717, 1.165) is 12.8 Å². The lowest BCUT2D eigenvalue weighted by molar-refractivity contribution is -0.135. The van der Waals surface area contributed by atoms with Gasteiger partial charge in [0.2, 0.25) is 5.96 Å². The number of aliphatic imine (C=N–C) groups is 2. The quantitative estimate of drug-likeness (QED) is 0.151. The highest BCUT2D eigenvalue weighted by molar-refractivity contribution is 6.34. The van der Waals surface area contributed by atoms with Gasteiger partial charge in [0.15, 0.2) is 5.54 Å². The van der Waals surface area contributed by atoms with Gasteiger partial charge >= 0.3 is 18.7 Å². The standard InChI is InChI=1S/C39H47ClF2N8O6/c1-37(2,3)21-39(26-12-9-23(10-13-26)25-18-44-49(19-25)33(41)42)32(52)50(34(47-39)46-36(54)56-38(4,5)6)30(20-55-35(53)45-27-14-15-27)24-11-16-29(40)28(17-24)31(51)43-22-48(7)8/h9-13,16-19,22,27,30,33H,14-15,20-21H2,1-8H3,(H,45,53)(H,46,47,54)/t30-,39-/m1/s1. The summed E-state index contributed by atoms with van der Waals surface area (Å²) < 4.78 is 38.4. The first-order valence-corrected chi connectivity index (χ1v) is 18.4. The van der Waals surface area contributed by atoms with Crippen molar-refractivity contribution in [1.82, 2.24) is 30.2 Å². The second-order valence-corrected chi connectivity index (χ2v) is 16.6. The predicted octanol–water partition coefficient (Wildman–Crippen LogP) is 7.31. The molecule has 2 heterocycles. The van der Waals surface area contributed by atoms with Crippen molar-refractivity contribution < 1.29 is 37.4 Å². The highest BCUT2D eigenvalue weighted by Crippen LogP contribution is 2.46. The summed E-state index contributed by atoms with van der Waals surface area (Å²) in [6.07, 6.45) is 3.99. The van der Waals surface area contributed by atoms with Gasteiger partial charge in [0, 0.05) is 31.9 Å². The molecule has 5 rings (SSSR count).